The van der Waals surface area contributed by atoms with E-state index in [4.69, 9.17) is 0 Å². The Kier molecular flexibility index (Phi) is 5.56. The third-order valence-electron chi connectivity index (χ3n) is 3.95. The summed E-state index contributed by atoms with van der Waals surface area (Å²) in [5.41, 5.74) is 3.52. The second kappa shape index (κ2) is 7.42. The van der Waals surface area contributed by atoms with Gasteiger partial charge in [0.05, 0.1) is 0 Å². The molecule has 0 aromatic heterocycles. The van der Waals surface area contributed by atoms with Gasteiger partial charge in [0.1, 0.15) is 6.04 Å². The summed E-state index contributed by atoms with van der Waals surface area (Å²) < 4.78 is 0. The van der Waals surface area contributed by atoms with E-state index in [0.29, 0.717) is 13.0 Å². The van der Waals surface area contributed by atoms with Crippen LogP contribution < -0.4 is 5.32 Å². The van der Waals surface area contributed by atoms with Crippen molar-refractivity contribution in [3.05, 3.63) is 71.3 Å². The molecule has 2 N–H and O–H groups in total. The molecule has 23 heavy (non-hydrogen) atoms. The van der Waals surface area contributed by atoms with Gasteiger partial charge >= 0.3 is 5.97 Å². The van der Waals surface area contributed by atoms with Crippen LogP contribution in [-0.4, -0.2) is 17.1 Å². The molecule has 0 bridgehead atoms. The SMILES string of the molecule is CC(C)(C)c1ccc(CN[C@@H](Cc2ccccc2)C(=O)O)cc1. The topological polar surface area (TPSA) is 49.3 Å². The van der Waals surface area contributed by atoms with E-state index in [9.17, 15) is 9.90 Å². The van der Waals surface area contributed by atoms with E-state index in [1.54, 1.807) is 0 Å². The number of carbonyl (C=O) groups is 1. The minimum absolute atomic E-state index is 0.128. The number of hydrogen-bond donors (Lipinski definition) is 2. The number of benzene rings is 2. The lowest BCUT2D eigenvalue weighted by Gasteiger charge is -2.19. The normalized spacial score (nSPS) is 12.8. The largest absolute Gasteiger partial charge is 0.480 e. The molecule has 0 fully saturated rings. The Bertz CT molecular complexity index is 627. The zero-order valence-electron chi connectivity index (χ0n) is 14.0. The number of aliphatic carboxylic acids is 1. The smallest absolute Gasteiger partial charge is 0.321 e. The highest BCUT2D eigenvalue weighted by molar-refractivity contribution is 5.73. The van der Waals surface area contributed by atoms with E-state index in [1.807, 2.05) is 30.3 Å². The maximum absolute atomic E-state index is 11.4. The predicted molar refractivity (Wildman–Crippen MR) is 93.6 cm³/mol. The Morgan fingerprint density at radius 1 is 1.00 bits per heavy atom. The lowest BCUT2D eigenvalue weighted by Crippen LogP contribution is -2.38. The molecule has 2 rings (SSSR count). The fourth-order valence-corrected chi connectivity index (χ4v) is 2.46. The van der Waals surface area contributed by atoms with Gasteiger partial charge in [0.15, 0.2) is 0 Å². The molecule has 3 heteroatoms. The Morgan fingerprint density at radius 3 is 2.13 bits per heavy atom. The van der Waals surface area contributed by atoms with Crippen molar-refractivity contribution in [3.8, 4) is 0 Å². The summed E-state index contributed by atoms with van der Waals surface area (Å²) in [6.45, 7) is 7.09. The Morgan fingerprint density at radius 2 is 1.61 bits per heavy atom. The van der Waals surface area contributed by atoms with Gasteiger partial charge in [-0.3, -0.25) is 4.79 Å². The van der Waals surface area contributed by atoms with Crippen LogP contribution in [0.1, 0.15) is 37.5 Å². The van der Waals surface area contributed by atoms with Gasteiger partial charge in [-0.1, -0.05) is 75.4 Å². The molecule has 122 valence electrons. The Balaban J connectivity index is 1.97. The van der Waals surface area contributed by atoms with Crippen LogP contribution in [0.3, 0.4) is 0 Å². The summed E-state index contributed by atoms with van der Waals surface area (Å²) >= 11 is 0. The molecule has 2 aromatic rings. The predicted octanol–water partition coefficient (Wildman–Crippen LogP) is 3.77. The fraction of sp³-hybridized carbons (Fsp3) is 0.350. The molecule has 3 nitrogen and oxygen atoms in total. The highest BCUT2D eigenvalue weighted by Gasteiger charge is 2.17. The van der Waals surface area contributed by atoms with Crippen LogP contribution in [-0.2, 0) is 23.2 Å². The lowest BCUT2D eigenvalue weighted by atomic mass is 9.87. The van der Waals surface area contributed by atoms with Crippen molar-refractivity contribution in [3.63, 3.8) is 0 Å². The van der Waals surface area contributed by atoms with Gasteiger partial charge in [-0.15, -0.1) is 0 Å². The van der Waals surface area contributed by atoms with Gasteiger partial charge in [0.2, 0.25) is 0 Å². The number of rotatable bonds is 6. The minimum Gasteiger partial charge on any atom is -0.480 e. The molecule has 0 spiro atoms. The van der Waals surface area contributed by atoms with Gasteiger partial charge in [-0.2, -0.15) is 0 Å². The van der Waals surface area contributed by atoms with Gasteiger partial charge in [-0.05, 0) is 28.5 Å². The molecule has 0 radical (unpaired) electrons. The van der Waals surface area contributed by atoms with E-state index >= 15 is 0 Å². The average molecular weight is 311 g/mol. The summed E-state index contributed by atoms with van der Waals surface area (Å²) in [5, 5.41) is 12.5. The van der Waals surface area contributed by atoms with Gasteiger partial charge in [0.25, 0.3) is 0 Å². The van der Waals surface area contributed by atoms with Crippen LogP contribution in [0.25, 0.3) is 0 Å². The molecular weight excluding hydrogens is 286 g/mol. The molecule has 1 atom stereocenters. The standard InChI is InChI=1S/C20H25NO2/c1-20(2,3)17-11-9-16(10-12-17)14-21-18(19(22)23)13-15-7-5-4-6-8-15/h4-12,18,21H,13-14H2,1-3H3,(H,22,23)/t18-/m0/s1. The first kappa shape index (κ1) is 17.2. The monoisotopic (exact) mass is 311 g/mol. The van der Waals surface area contributed by atoms with Crippen molar-refractivity contribution in [2.75, 3.05) is 0 Å². The molecule has 0 saturated heterocycles. The van der Waals surface area contributed by atoms with Crippen molar-refractivity contribution in [2.45, 2.75) is 45.2 Å². The molecular formula is C20H25NO2. The fourth-order valence-electron chi connectivity index (χ4n) is 2.46. The van der Waals surface area contributed by atoms with Gasteiger partial charge in [0, 0.05) is 6.54 Å². The third kappa shape index (κ3) is 5.22. The van der Waals surface area contributed by atoms with Gasteiger partial charge < -0.3 is 10.4 Å². The molecule has 0 aliphatic heterocycles. The quantitative estimate of drug-likeness (QED) is 0.854. The van der Waals surface area contributed by atoms with Gasteiger partial charge in [-0.25, -0.2) is 0 Å². The highest BCUT2D eigenvalue weighted by Crippen LogP contribution is 2.22. The second-order valence-corrected chi connectivity index (χ2v) is 6.91. The van der Waals surface area contributed by atoms with Crippen LogP contribution in [0, 0.1) is 0 Å². The summed E-state index contributed by atoms with van der Waals surface area (Å²) in [6, 6.07) is 17.5. The molecule has 0 heterocycles. The van der Waals surface area contributed by atoms with E-state index in [0.717, 1.165) is 11.1 Å². The molecule has 0 aliphatic rings. The van der Waals surface area contributed by atoms with Crippen molar-refractivity contribution in [1.29, 1.82) is 0 Å². The van der Waals surface area contributed by atoms with Crippen LogP contribution in [0.4, 0.5) is 0 Å². The molecule has 2 aromatic carbocycles. The van der Waals surface area contributed by atoms with E-state index in [-0.39, 0.29) is 5.41 Å². The molecule has 0 amide bonds. The Labute approximate surface area is 138 Å². The lowest BCUT2D eigenvalue weighted by molar-refractivity contribution is -0.139. The zero-order chi connectivity index (χ0) is 16.9. The maximum atomic E-state index is 11.4. The van der Waals surface area contributed by atoms with Crippen molar-refractivity contribution in [2.24, 2.45) is 0 Å². The maximum Gasteiger partial charge on any atom is 0.321 e. The highest BCUT2D eigenvalue weighted by atomic mass is 16.4. The number of hydrogen-bond acceptors (Lipinski definition) is 2. The Hall–Kier alpha value is -2.13. The van der Waals surface area contributed by atoms with E-state index in [2.05, 4.69) is 50.4 Å². The summed E-state index contributed by atoms with van der Waals surface area (Å²) in [5.74, 6) is -0.819. The van der Waals surface area contributed by atoms with E-state index < -0.39 is 12.0 Å². The van der Waals surface area contributed by atoms with Crippen molar-refractivity contribution >= 4 is 5.97 Å². The zero-order valence-corrected chi connectivity index (χ0v) is 14.0. The van der Waals surface area contributed by atoms with Crippen molar-refractivity contribution < 1.29 is 9.90 Å². The average Bonchev–Trinajstić information content (AvgIpc) is 2.51. The number of carboxylic acid groups (broad SMARTS) is 1. The molecule has 0 aliphatic carbocycles. The minimum atomic E-state index is -0.819. The molecule has 0 saturated carbocycles. The first-order valence-corrected chi connectivity index (χ1v) is 7.96. The van der Waals surface area contributed by atoms with Crippen LogP contribution in [0.5, 0.6) is 0 Å². The summed E-state index contributed by atoms with van der Waals surface area (Å²) in [7, 11) is 0. The summed E-state index contributed by atoms with van der Waals surface area (Å²) in [4.78, 5) is 11.4. The van der Waals surface area contributed by atoms with Crippen LogP contribution >= 0.6 is 0 Å². The van der Waals surface area contributed by atoms with Crippen LogP contribution in [0.2, 0.25) is 0 Å². The number of nitrogens with one attached hydrogen (secondary N) is 1. The third-order valence-corrected chi connectivity index (χ3v) is 3.95. The van der Waals surface area contributed by atoms with Crippen molar-refractivity contribution in [1.82, 2.24) is 5.32 Å². The van der Waals surface area contributed by atoms with Crippen LogP contribution in [0.15, 0.2) is 54.6 Å². The number of carboxylic acids is 1. The first-order chi connectivity index (χ1) is 10.9. The van der Waals surface area contributed by atoms with E-state index in [1.165, 1.54) is 5.56 Å². The summed E-state index contributed by atoms with van der Waals surface area (Å²) in [6.07, 6.45) is 0.482. The second-order valence-electron chi connectivity index (χ2n) is 6.91. The molecule has 0 unspecified atom stereocenters. The first-order valence-electron chi connectivity index (χ1n) is 7.96.